The number of hydrogen-bond donors (Lipinski definition) is 1. The third-order valence-corrected chi connectivity index (χ3v) is 2.82. The fourth-order valence-corrected chi connectivity index (χ4v) is 1.80. The molecule has 0 atom stereocenters. The topological polar surface area (TPSA) is 42.7 Å². The molecule has 0 spiro atoms. The van der Waals surface area contributed by atoms with Crippen LogP contribution in [0.15, 0.2) is 29.1 Å². The molecule has 0 amide bonds. The van der Waals surface area contributed by atoms with Gasteiger partial charge in [-0.05, 0) is 34.6 Å². The van der Waals surface area contributed by atoms with Gasteiger partial charge in [0, 0.05) is 18.9 Å². The maximum absolute atomic E-state index is 6.03. The van der Waals surface area contributed by atoms with Crippen LogP contribution in [-0.2, 0) is 6.54 Å². The summed E-state index contributed by atoms with van der Waals surface area (Å²) in [5.74, 6) is 0.750. The molecule has 2 aromatic heterocycles. The first kappa shape index (κ1) is 11.6. The molecule has 0 aliphatic carbocycles. The molecule has 2 heterocycles. The summed E-state index contributed by atoms with van der Waals surface area (Å²) in [4.78, 5) is 4.22. The van der Waals surface area contributed by atoms with Gasteiger partial charge in [-0.3, -0.25) is 0 Å². The van der Waals surface area contributed by atoms with Gasteiger partial charge in [-0.15, -0.1) is 0 Å². The van der Waals surface area contributed by atoms with Crippen molar-refractivity contribution in [3.63, 3.8) is 0 Å². The van der Waals surface area contributed by atoms with Crippen LogP contribution < -0.4 is 5.32 Å². The summed E-state index contributed by atoms with van der Waals surface area (Å²) in [6, 6.07) is 1.91. The van der Waals surface area contributed by atoms with Crippen LogP contribution in [0.1, 0.15) is 5.56 Å². The molecule has 0 unspecified atom stereocenters. The Balaban J connectivity index is 2.39. The molecule has 0 saturated carbocycles. The van der Waals surface area contributed by atoms with Crippen LogP contribution in [-0.4, -0.2) is 21.8 Å². The summed E-state index contributed by atoms with van der Waals surface area (Å²) in [6.07, 6.45) is 5.20. The minimum Gasteiger partial charge on any atom is -0.316 e. The molecular weight excluding hydrogens is 291 g/mol. The van der Waals surface area contributed by atoms with Gasteiger partial charge < -0.3 is 5.32 Å². The van der Waals surface area contributed by atoms with Gasteiger partial charge in [0.15, 0.2) is 5.82 Å². The van der Waals surface area contributed by atoms with E-state index in [0.717, 1.165) is 15.9 Å². The lowest BCUT2D eigenvalue weighted by Gasteiger charge is -2.06. The number of aromatic nitrogens is 3. The van der Waals surface area contributed by atoms with Crippen LogP contribution in [0.3, 0.4) is 0 Å². The average Bonchev–Trinajstić information content (AvgIpc) is 2.69. The minimum atomic E-state index is 0.657. The van der Waals surface area contributed by atoms with Crippen molar-refractivity contribution in [1.29, 1.82) is 0 Å². The zero-order chi connectivity index (χ0) is 11.5. The van der Waals surface area contributed by atoms with E-state index < -0.39 is 0 Å². The Kier molecular flexibility index (Phi) is 3.58. The van der Waals surface area contributed by atoms with Gasteiger partial charge in [0.2, 0.25) is 0 Å². The van der Waals surface area contributed by atoms with Crippen molar-refractivity contribution in [3.8, 4) is 5.82 Å². The van der Waals surface area contributed by atoms with Crippen LogP contribution in [0.5, 0.6) is 0 Å². The molecule has 0 radical (unpaired) electrons. The molecular formula is C10H10BrClN4. The summed E-state index contributed by atoms with van der Waals surface area (Å²) in [5, 5.41) is 7.88. The first-order valence-electron chi connectivity index (χ1n) is 4.70. The molecule has 0 aromatic carbocycles. The number of halogens is 2. The summed E-state index contributed by atoms with van der Waals surface area (Å²) in [6.45, 7) is 0.705. The second-order valence-corrected chi connectivity index (χ2v) is 4.59. The maximum atomic E-state index is 6.03. The zero-order valence-corrected chi connectivity index (χ0v) is 11.0. The first-order valence-corrected chi connectivity index (χ1v) is 5.87. The fraction of sp³-hybridized carbons (Fsp3) is 0.200. The highest BCUT2D eigenvalue weighted by Gasteiger charge is 2.05. The number of nitrogens with zero attached hydrogens (tertiary/aromatic N) is 3. The SMILES string of the molecule is CNCc1cc(-n2cc(Br)cn2)ncc1Cl. The molecule has 0 bridgehead atoms. The molecule has 2 rings (SSSR count). The Bertz CT molecular complexity index is 497. The average molecular weight is 302 g/mol. The predicted molar refractivity (Wildman–Crippen MR) is 66.8 cm³/mol. The van der Waals surface area contributed by atoms with Gasteiger partial charge in [0.05, 0.1) is 15.7 Å². The van der Waals surface area contributed by atoms with Gasteiger partial charge in [-0.25, -0.2) is 9.67 Å². The van der Waals surface area contributed by atoms with E-state index >= 15 is 0 Å². The summed E-state index contributed by atoms with van der Waals surface area (Å²) in [5.41, 5.74) is 1.00. The largest absolute Gasteiger partial charge is 0.316 e. The normalized spacial score (nSPS) is 10.7. The number of pyridine rings is 1. The predicted octanol–water partition coefficient (Wildman–Crippen LogP) is 2.40. The van der Waals surface area contributed by atoms with E-state index in [0.29, 0.717) is 11.6 Å². The molecule has 84 valence electrons. The monoisotopic (exact) mass is 300 g/mol. The standard InChI is InChI=1S/C10H10BrClN4/c1-13-3-7-2-10(14-5-9(7)12)16-6-8(11)4-15-16/h2,4-6,13H,3H2,1H3. The van der Waals surface area contributed by atoms with E-state index in [4.69, 9.17) is 11.6 Å². The lowest BCUT2D eigenvalue weighted by Crippen LogP contribution is -2.07. The van der Waals surface area contributed by atoms with Gasteiger partial charge in [-0.2, -0.15) is 5.10 Å². The highest BCUT2D eigenvalue weighted by atomic mass is 79.9. The smallest absolute Gasteiger partial charge is 0.153 e. The van der Waals surface area contributed by atoms with E-state index in [1.807, 2.05) is 19.3 Å². The quantitative estimate of drug-likeness (QED) is 0.946. The van der Waals surface area contributed by atoms with Gasteiger partial charge in [0.25, 0.3) is 0 Å². The van der Waals surface area contributed by atoms with Crippen LogP contribution in [0, 0.1) is 0 Å². The number of hydrogen-bond acceptors (Lipinski definition) is 3. The second kappa shape index (κ2) is 4.95. The lowest BCUT2D eigenvalue weighted by molar-refractivity contribution is 0.801. The summed E-state index contributed by atoms with van der Waals surface area (Å²) in [7, 11) is 1.88. The zero-order valence-electron chi connectivity index (χ0n) is 8.61. The van der Waals surface area contributed by atoms with Crippen molar-refractivity contribution in [2.45, 2.75) is 6.54 Å². The molecule has 0 saturated heterocycles. The van der Waals surface area contributed by atoms with Crippen molar-refractivity contribution >= 4 is 27.5 Å². The molecule has 0 aliphatic heterocycles. The maximum Gasteiger partial charge on any atom is 0.153 e. The Labute approximate surface area is 107 Å². The molecule has 6 heteroatoms. The summed E-state index contributed by atoms with van der Waals surface area (Å²) < 4.78 is 2.61. The number of nitrogens with one attached hydrogen (secondary N) is 1. The van der Waals surface area contributed by atoms with E-state index in [9.17, 15) is 0 Å². The second-order valence-electron chi connectivity index (χ2n) is 3.27. The number of rotatable bonds is 3. The van der Waals surface area contributed by atoms with E-state index in [1.165, 1.54) is 0 Å². The van der Waals surface area contributed by atoms with Gasteiger partial charge in [-0.1, -0.05) is 11.6 Å². The third-order valence-electron chi connectivity index (χ3n) is 2.07. The highest BCUT2D eigenvalue weighted by molar-refractivity contribution is 9.10. The fourth-order valence-electron chi connectivity index (χ4n) is 1.35. The molecule has 0 fully saturated rings. The van der Waals surface area contributed by atoms with Crippen LogP contribution in [0.25, 0.3) is 5.82 Å². The van der Waals surface area contributed by atoms with Crippen molar-refractivity contribution in [3.05, 3.63) is 39.7 Å². The van der Waals surface area contributed by atoms with Crippen molar-refractivity contribution in [2.24, 2.45) is 0 Å². The molecule has 2 aromatic rings. The van der Waals surface area contributed by atoms with Crippen molar-refractivity contribution in [2.75, 3.05) is 7.05 Å². The van der Waals surface area contributed by atoms with Gasteiger partial charge >= 0.3 is 0 Å². The van der Waals surface area contributed by atoms with Gasteiger partial charge in [0.1, 0.15) is 0 Å². The Morgan fingerprint density at radius 3 is 2.94 bits per heavy atom. The summed E-state index contributed by atoms with van der Waals surface area (Å²) >= 11 is 9.37. The molecule has 4 nitrogen and oxygen atoms in total. The van der Waals surface area contributed by atoms with Crippen LogP contribution >= 0.6 is 27.5 Å². The molecule has 1 N–H and O–H groups in total. The minimum absolute atomic E-state index is 0.657. The molecule has 16 heavy (non-hydrogen) atoms. The van der Waals surface area contributed by atoms with E-state index in [2.05, 4.69) is 31.3 Å². The highest BCUT2D eigenvalue weighted by Crippen LogP contribution is 2.18. The van der Waals surface area contributed by atoms with Crippen LogP contribution in [0.2, 0.25) is 5.02 Å². The Morgan fingerprint density at radius 2 is 2.31 bits per heavy atom. The van der Waals surface area contributed by atoms with Crippen molar-refractivity contribution < 1.29 is 0 Å². The lowest BCUT2D eigenvalue weighted by atomic mass is 10.2. The Morgan fingerprint density at radius 1 is 1.50 bits per heavy atom. The Hall–Kier alpha value is -0.910. The van der Waals surface area contributed by atoms with Crippen LogP contribution in [0.4, 0.5) is 0 Å². The van der Waals surface area contributed by atoms with Crippen molar-refractivity contribution in [1.82, 2.24) is 20.1 Å². The third kappa shape index (κ3) is 2.42. The van der Waals surface area contributed by atoms with E-state index in [-0.39, 0.29) is 0 Å². The van der Waals surface area contributed by atoms with E-state index in [1.54, 1.807) is 17.1 Å². The first-order chi connectivity index (χ1) is 7.70. The molecule has 0 aliphatic rings.